The van der Waals surface area contributed by atoms with Gasteiger partial charge in [0.25, 0.3) is 0 Å². The Bertz CT molecular complexity index is 144. The van der Waals surface area contributed by atoms with E-state index in [-0.39, 0.29) is 5.97 Å². The van der Waals surface area contributed by atoms with Crippen LogP contribution < -0.4 is 0 Å². The quantitative estimate of drug-likeness (QED) is 0.421. The third kappa shape index (κ3) is 4.83. The average molecular weight is 144 g/mol. The van der Waals surface area contributed by atoms with E-state index in [2.05, 4.69) is 11.3 Å². The number of cyclic esters (lactones) is 1. The van der Waals surface area contributed by atoms with Gasteiger partial charge in [-0.3, -0.25) is 4.79 Å². The molecule has 0 saturated carbocycles. The van der Waals surface area contributed by atoms with E-state index in [0.29, 0.717) is 13.0 Å². The maximum absolute atomic E-state index is 9.68. The molecule has 0 amide bonds. The first-order valence-corrected chi connectivity index (χ1v) is 2.68. The number of carbonyl (C=O) groups is 2. The summed E-state index contributed by atoms with van der Waals surface area (Å²) in [4.78, 5) is 18.9. The van der Waals surface area contributed by atoms with Crippen LogP contribution in [0.5, 0.6) is 0 Å². The van der Waals surface area contributed by atoms with Gasteiger partial charge < -0.3 is 9.84 Å². The Kier molecular flexibility index (Phi) is 3.95. The van der Waals surface area contributed by atoms with Crippen LogP contribution in [0.2, 0.25) is 0 Å². The molecule has 4 nitrogen and oxygen atoms in total. The summed E-state index contributed by atoms with van der Waals surface area (Å²) in [6.45, 7) is 3.60. The SMILES string of the molecule is C=CC(=O)O.O=C1CCO1. The highest BCUT2D eigenvalue weighted by molar-refractivity contribution is 5.78. The molecule has 0 unspecified atom stereocenters. The fraction of sp³-hybridized carbons (Fsp3) is 0.333. The second-order valence-corrected chi connectivity index (χ2v) is 1.51. The zero-order valence-corrected chi connectivity index (χ0v) is 5.37. The summed E-state index contributed by atoms with van der Waals surface area (Å²) >= 11 is 0. The zero-order chi connectivity index (χ0) is 7.98. The van der Waals surface area contributed by atoms with E-state index in [4.69, 9.17) is 5.11 Å². The van der Waals surface area contributed by atoms with Crippen molar-refractivity contribution in [1.82, 2.24) is 0 Å². The Morgan fingerprint density at radius 3 is 2.10 bits per heavy atom. The van der Waals surface area contributed by atoms with E-state index in [1.165, 1.54) is 0 Å². The van der Waals surface area contributed by atoms with Gasteiger partial charge in [-0.15, -0.1) is 0 Å². The lowest BCUT2D eigenvalue weighted by molar-refractivity contribution is -0.157. The Labute approximate surface area is 58.1 Å². The monoisotopic (exact) mass is 144 g/mol. The molecule has 4 heteroatoms. The minimum absolute atomic E-state index is 0.0648. The van der Waals surface area contributed by atoms with Crippen LogP contribution >= 0.6 is 0 Å². The number of carboxylic acid groups (broad SMARTS) is 1. The van der Waals surface area contributed by atoms with Gasteiger partial charge in [-0.25, -0.2) is 4.79 Å². The van der Waals surface area contributed by atoms with Crippen molar-refractivity contribution >= 4 is 11.9 Å². The van der Waals surface area contributed by atoms with Crippen LogP contribution in [0.15, 0.2) is 12.7 Å². The minimum atomic E-state index is -0.981. The average Bonchev–Trinajstić information content (AvgIpc) is 1.85. The summed E-state index contributed by atoms with van der Waals surface area (Å²) in [6.07, 6.45) is 1.46. The van der Waals surface area contributed by atoms with Crippen molar-refractivity contribution in [3.63, 3.8) is 0 Å². The van der Waals surface area contributed by atoms with Gasteiger partial charge in [0.2, 0.25) is 0 Å². The summed E-state index contributed by atoms with van der Waals surface area (Å²) in [7, 11) is 0. The number of carboxylic acids is 1. The Morgan fingerprint density at radius 2 is 2.10 bits per heavy atom. The molecular formula is C6H8O4. The van der Waals surface area contributed by atoms with Crippen LogP contribution in [0.4, 0.5) is 0 Å². The molecule has 0 aromatic heterocycles. The molecule has 1 rings (SSSR count). The lowest BCUT2D eigenvalue weighted by Crippen LogP contribution is -2.18. The lowest BCUT2D eigenvalue weighted by Gasteiger charge is -2.09. The standard InChI is InChI=1S/2C3H4O2/c4-3-1-2-5-3;1-2-3(4)5/h1-2H2;2H,1H2,(H,4,5). The molecular weight excluding hydrogens is 136 g/mol. The summed E-state index contributed by atoms with van der Waals surface area (Å²) in [5.74, 6) is -1.05. The topological polar surface area (TPSA) is 63.6 Å². The predicted octanol–water partition coefficient (Wildman–Crippen LogP) is 0.190. The van der Waals surface area contributed by atoms with Gasteiger partial charge in [0.05, 0.1) is 6.42 Å². The smallest absolute Gasteiger partial charge is 0.327 e. The van der Waals surface area contributed by atoms with Crippen LogP contribution in [-0.4, -0.2) is 23.7 Å². The summed E-state index contributed by atoms with van der Waals surface area (Å²) in [5, 5.41) is 7.60. The van der Waals surface area contributed by atoms with Gasteiger partial charge >= 0.3 is 11.9 Å². The second kappa shape index (κ2) is 4.55. The number of hydrogen-bond donors (Lipinski definition) is 1. The summed E-state index contributed by atoms with van der Waals surface area (Å²) in [5.41, 5.74) is 0. The van der Waals surface area contributed by atoms with Crippen LogP contribution in [-0.2, 0) is 14.3 Å². The normalized spacial score (nSPS) is 13.4. The van der Waals surface area contributed by atoms with Gasteiger partial charge in [-0.05, 0) is 0 Å². The fourth-order valence-corrected chi connectivity index (χ4v) is 0.185. The first kappa shape index (κ1) is 8.68. The van der Waals surface area contributed by atoms with Gasteiger partial charge in [-0.1, -0.05) is 6.58 Å². The number of aliphatic carboxylic acids is 1. The highest BCUT2D eigenvalue weighted by Gasteiger charge is 2.10. The Hall–Kier alpha value is -1.32. The Balaban J connectivity index is 0.000000162. The molecule has 1 saturated heterocycles. The molecule has 0 atom stereocenters. The Morgan fingerprint density at radius 1 is 1.80 bits per heavy atom. The van der Waals surface area contributed by atoms with Crippen molar-refractivity contribution in [3.8, 4) is 0 Å². The number of ether oxygens (including phenoxy) is 1. The predicted molar refractivity (Wildman–Crippen MR) is 33.4 cm³/mol. The van der Waals surface area contributed by atoms with Crippen molar-refractivity contribution < 1.29 is 19.4 Å². The molecule has 0 spiro atoms. The third-order valence-corrected chi connectivity index (χ3v) is 0.744. The fourth-order valence-electron chi connectivity index (χ4n) is 0.185. The van der Waals surface area contributed by atoms with Gasteiger partial charge in [0.15, 0.2) is 0 Å². The van der Waals surface area contributed by atoms with Crippen LogP contribution in [0.25, 0.3) is 0 Å². The second-order valence-electron chi connectivity index (χ2n) is 1.51. The van der Waals surface area contributed by atoms with E-state index in [0.717, 1.165) is 6.08 Å². The van der Waals surface area contributed by atoms with Crippen molar-refractivity contribution in [2.45, 2.75) is 6.42 Å². The number of hydrogen-bond acceptors (Lipinski definition) is 3. The number of carbonyl (C=O) groups excluding carboxylic acids is 1. The van der Waals surface area contributed by atoms with E-state index in [9.17, 15) is 9.59 Å². The van der Waals surface area contributed by atoms with Crippen molar-refractivity contribution in [2.24, 2.45) is 0 Å². The molecule has 10 heavy (non-hydrogen) atoms. The van der Waals surface area contributed by atoms with Crippen molar-refractivity contribution in [1.29, 1.82) is 0 Å². The maximum atomic E-state index is 9.68. The van der Waals surface area contributed by atoms with E-state index < -0.39 is 5.97 Å². The number of esters is 1. The molecule has 0 bridgehead atoms. The zero-order valence-electron chi connectivity index (χ0n) is 5.37. The van der Waals surface area contributed by atoms with Gasteiger partial charge in [0, 0.05) is 6.08 Å². The molecule has 1 aliphatic rings. The van der Waals surface area contributed by atoms with E-state index in [1.54, 1.807) is 0 Å². The molecule has 1 aliphatic heterocycles. The molecule has 0 aliphatic carbocycles. The van der Waals surface area contributed by atoms with Crippen molar-refractivity contribution in [2.75, 3.05) is 6.61 Å². The van der Waals surface area contributed by atoms with E-state index >= 15 is 0 Å². The molecule has 1 N–H and O–H groups in total. The number of rotatable bonds is 1. The third-order valence-electron chi connectivity index (χ3n) is 0.744. The first-order valence-electron chi connectivity index (χ1n) is 2.68. The highest BCUT2D eigenvalue weighted by atomic mass is 16.6. The summed E-state index contributed by atoms with van der Waals surface area (Å²) < 4.78 is 4.29. The summed E-state index contributed by atoms with van der Waals surface area (Å²) in [6, 6.07) is 0. The molecule has 56 valence electrons. The van der Waals surface area contributed by atoms with Crippen molar-refractivity contribution in [3.05, 3.63) is 12.7 Å². The minimum Gasteiger partial charge on any atom is -0.478 e. The van der Waals surface area contributed by atoms with Crippen LogP contribution in [0, 0.1) is 0 Å². The maximum Gasteiger partial charge on any atom is 0.327 e. The highest BCUT2D eigenvalue weighted by Crippen LogP contribution is 1.97. The lowest BCUT2D eigenvalue weighted by atomic mass is 10.4. The van der Waals surface area contributed by atoms with E-state index in [1.807, 2.05) is 0 Å². The van der Waals surface area contributed by atoms with Crippen LogP contribution in [0.1, 0.15) is 6.42 Å². The molecule has 0 aromatic carbocycles. The first-order chi connectivity index (χ1) is 4.66. The largest absolute Gasteiger partial charge is 0.478 e. The van der Waals surface area contributed by atoms with Gasteiger partial charge in [0.1, 0.15) is 6.61 Å². The van der Waals surface area contributed by atoms with Crippen LogP contribution in [0.3, 0.4) is 0 Å². The molecule has 1 fully saturated rings. The molecule has 0 radical (unpaired) electrons. The molecule has 0 aromatic rings. The van der Waals surface area contributed by atoms with Gasteiger partial charge in [-0.2, -0.15) is 0 Å². The molecule has 1 heterocycles.